The summed E-state index contributed by atoms with van der Waals surface area (Å²) in [7, 11) is 0. The summed E-state index contributed by atoms with van der Waals surface area (Å²) in [5, 5.41) is -13.0. The lowest BCUT2D eigenvalue weighted by Gasteiger charge is -2.50. The first kappa shape index (κ1) is 30.0. The van der Waals surface area contributed by atoms with Crippen LogP contribution in [0.15, 0.2) is 18.2 Å². The third-order valence-electron chi connectivity index (χ3n) is 8.01. The number of halogens is 9. The van der Waals surface area contributed by atoms with E-state index in [1.165, 1.54) is 12.1 Å². The van der Waals surface area contributed by atoms with Crippen molar-refractivity contribution in [2.75, 3.05) is 0 Å². The molecule has 39 heavy (non-hydrogen) atoms. The highest BCUT2D eigenvalue weighted by molar-refractivity contribution is 6.32. The van der Waals surface area contributed by atoms with Gasteiger partial charge in [-0.25, -0.2) is 14.4 Å². The van der Waals surface area contributed by atoms with Crippen molar-refractivity contribution in [3.8, 4) is 5.75 Å². The molecule has 1 aromatic rings. The second kappa shape index (κ2) is 10.2. The topological polar surface area (TPSA) is 78.9 Å². The van der Waals surface area contributed by atoms with Crippen LogP contribution in [-0.2, 0) is 30.3 Å². The van der Waals surface area contributed by atoms with E-state index >= 15 is 0 Å². The predicted molar refractivity (Wildman–Crippen MR) is 124 cm³/mol. The summed E-state index contributed by atoms with van der Waals surface area (Å²) in [4.78, 5) is 35.3. The van der Waals surface area contributed by atoms with E-state index in [1.54, 1.807) is 13.0 Å². The lowest BCUT2D eigenvalue weighted by Crippen LogP contribution is -2.48. The molecule has 0 bridgehead atoms. The molecular formula is C24H21Cl3F6O6. The Bertz CT molecular complexity index is 1170. The van der Waals surface area contributed by atoms with Gasteiger partial charge in [0.05, 0.1) is 0 Å². The maximum absolute atomic E-state index is 13.5. The smallest absolute Gasteiger partial charge is 0.418 e. The molecule has 0 amide bonds. The van der Waals surface area contributed by atoms with Crippen LogP contribution in [0.25, 0.3) is 0 Å². The number of esters is 3. The number of carbonyl (C=O) groups excluding carboxylic acids is 3. The number of benzene rings is 1. The molecule has 0 saturated heterocycles. The Morgan fingerprint density at radius 3 is 2.08 bits per heavy atom. The quantitative estimate of drug-likeness (QED) is 0.158. The molecule has 216 valence electrons. The monoisotopic (exact) mass is 624 g/mol. The third kappa shape index (κ3) is 5.93. The lowest BCUT2D eigenvalue weighted by atomic mass is 9.55. The first-order valence-corrected chi connectivity index (χ1v) is 12.9. The van der Waals surface area contributed by atoms with Crippen LogP contribution in [0.3, 0.4) is 0 Å². The zero-order valence-corrected chi connectivity index (χ0v) is 22.3. The van der Waals surface area contributed by atoms with E-state index in [0.717, 1.165) is 11.1 Å². The van der Waals surface area contributed by atoms with Crippen molar-refractivity contribution in [2.45, 2.75) is 73.3 Å². The molecule has 2 saturated carbocycles. The zero-order chi connectivity index (χ0) is 29.1. The van der Waals surface area contributed by atoms with Crippen LogP contribution in [0.4, 0.5) is 26.3 Å². The average Bonchev–Trinajstić information content (AvgIpc) is 3.08. The van der Waals surface area contributed by atoms with Gasteiger partial charge in [-0.3, -0.25) is 0 Å². The van der Waals surface area contributed by atoms with Crippen LogP contribution in [0.5, 0.6) is 5.75 Å². The SMILES string of the molecule is CC12CCC3c4ccc(OC(=O)C(F)(F)Cl)cc4CCC3C1CC(OC(=O)C(F)(F)Cl)C2OC(=O)C(F)(F)Cl. The van der Waals surface area contributed by atoms with E-state index in [-0.39, 0.29) is 30.4 Å². The van der Waals surface area contributed by atoms with Gasteiger partial charge >= 0.3 is 34.1 Å². The van der Waals surface area contributed by atoms with Crippen molar-refractivity contribution in [3.63, 3.8) is 0 Å². The molecule has 6 nitrogen and oxygen atoms in total. The molecule has 1 aromatic carbocycles. The molecule has 6 unspecified atom stereocenters. The van der Waals surface area contributed by atoms with Gasteiger partial charge in [-0.1, -0.05) is 13.0 Å². The molecule has 0 aliphatic heterocycles. The normalized spacial score (nSPS) is 30.5. The highest BCUT2D eigenvalue weighted by Gasteiger charge is 2.62. The van der Waals surface area contributed by atoms with E-state index in [4.69, 9.17) is 44.3 Å². The molecular weight excluding hydrogens is 605 g/mol. The fourth-order valence-electron chi connectivity index (χ4n) is 6.44. The second-order valence-electron chi connectivity index (χ2n) is 10.2. The highest BCUT2D eigenvalue weighted by Crippen LogP contribution is 2.62. The van der Waals surface area contributed by atoms with Gasteiger partial charge in [0, 0.05) is 5.41 Å². The van der Waals surface area contributed by atoms with Crippen LogP contribution < -0.4 is 4.74 Å². The molecule has 3 aliphatic rings. The van der Waals surface area contributed by atoms with Crippen molar-refractivity contribution in [2.24, 2.45) is 17.3 Å². The lowest BCUT2D eigenvalue weighted by molar-refractivity contribution is -0.191. The number of rotatable bonds is 6. The van der Waals surface area contributed by atoms with Gasteiger partial charge in [-0.15, -0.1) is 0 Å². The van der Waals surface area contributed by atoms with Gasteiger partial charge in [0.2, 0.25) is 0 Å². The maximum atomic E-state index is 13.5. The summed E-state index contributed by atoms with van der Waals surface area (Å²) in [5.74, 6) is -6.98. The Morgan fingerprint density at radius 2 is 1.49 bits per heavy atom. The molecule has 3 aliphatic carbocycles. The van der Waals surface area contributed by atoms with Crippen LogP contribution in [0, 0.1) is 17.3 Å². The fourth-order valence-corrected chi connectivity index (χ4v) is 6.57. The molecule has 2 fully saturated rings. The third-order valence-corrected chi connectivity index (χ3v) is 8.47. The number of hydrogen-bond donors (Lipinski definition) is 0. The summed E-state index contributed by atoms with van der Waals surface area (Å²) >= 11 is 14.3. The molecule has 0 N–H and O–H groups in total. The fraction of sp³-hybridized carbons (Fsp3) is 0.625. The predicted octanol–water partition coefficient (Wildman–Crippen LogP) is 6.38. The largest absolute Gasteiger partial charge is 0.453 e. The summed E-state index contributed by atoms with van der Waals surface area (Å²) in [6, 6.07) is 4.41. The number of carbonyl (C=O) groups is 3. The number of hydrogen-bond acceptors (Lipinski definition) is 6. The first-order chi connectivity index (χ1) is 17.8. The van der Waals surface area contributed by atoms with Crippen LogP contribution in [0.2, 0.25) is 0 Å². The second-order valence-corrected chi connectivity index (χ2v) is 11.6. The zero-order valence-electron chi connectivity index (χ0n) is 20.0. The van der Waals surface area contributed by atoms with E-state index in [0.29, 0.717) is 19.3 Å². The Balaban J connectivity index is 1.61. The molecule has 0 spiro atoms. The standard InChI is InChI=1S/C24H21Cl3F6O6/c1-21-7-6-13-12-5-3-11(37-18(34)22(25,28)29)8-10(12)2-4-14(13)15(21)9-16(38-19(35)23(26,30)31)17(21)39-20(36)24(27,32)33/h3,5,8,13-17H,2,4,6-7,9H2,1H3. The summed E-state index contributed by atoms with van der Waals surface area (Å²) < 4.78 is 94.3. The minimum atomic E-state index is -4.39. The van der Waals surface area contributed by atoms with Crippen LogP contribution in [-0.4, -0.2) is 46.3 Å². The molecule has 0 aromatic heterocycles. The van der Waals surface area contributed by atoms with E-state index in [2.05, 4.69) is 4.74 Å². The van der Waals surface area contributed by atoms with E-state index in [9.17, 15) is 40.7 Å². The Kier molecular flexibility index (Phi) is 7.83. The molecule has 4 rings (SSSR count). The molecule has 0 heterocycles. The average molecular weight is 626 g/mol. The maximum Gasteiger partial charge on any atom is 0.418 e. The number of ether oxygens (including phenoxy) is 3. The molecule has 0 radical (unpaired) electrons. The van der Waals surface area contributed by atoms with Gasteiger partial charge in [0.25, 0.3) is 0 Å². The van der Waals surface area contributed by atoms with Gasteiger partial charge in [-0.2, -0.15) is 26.3 Å². The van der Waals surface area contributed by atoms with Crippen molar-refractivity contribution >= 4 is 52.7 Å². The Labute approximate surface area is 233 Å². The Morgan fingerprint density at radius 1 is 0.897 bits per heavy atom. The van der Waals surface area contributed by atoms with E-state index in [1.807, 2.05) is 0 Å². The van der Waals surface area contributed by atoms with E-state index < -0.39 is 57.6 Å². The Hall–Kier alpha value is -1.92. The minimum Gasteiger partial charge on any atom is -0.453 e. The van der Waals surface area contributed by atoms with Gasteiger partial charge < -0.3 is 14.2 Å². The summed E-state index contributed by atoms with van der Waals surface area (Å²) in [6.45, 7) is 1.65. The van der Waals surface area contributed by atoms with Crippen LogP contribution in [0.1, 0.15) is 49.7 Å². The molecule has 15 heteroatoms. The number of fused-ring (bicyclic) bond motifs is 5. The number of aryl methyl sites for hydroxylation is 1. The summed E-state index contributed by atoms with van der Waals surface area (Å²) in [6.07, 6.45) is -1.45. The van der Waals surface area contributed by atoms with Gasteiger partial charge in [0.1, 0.15) is 18.0 Å². The highest BCUT2D eigenvalue weighted by atomic mass is 35.5. The van der Waals surface area contributed by atoms with Crippen molar-refractivity contribution in [1.82, 2.24) is 0 Å². The van der Waals surface area contributed by atoms with Crippen LogP contribution >= 0.6 is 34.8 Å². The van der Waals surface area contributed by atoms with Crippen molar-refractivity contribution < 1.29 is 54.9 Å². The number of alkyl halides is 9. The minimum absolute atomic E-state index is 0.0714. The summed E-state index contributed by atoms with van der Waals surface area (Å²) in [5.41, 5.74) is 0.527. The van der Waals surface area contributed by atoms with Crippen molar-refractivity contribution in [3.05, 3.63) is 29.3 Å². The van der Waals surface area contributed by atoms with Gasteiger partial charge in [-0.05, 0) is 108 Å². The first-order valence-electron chi connectivity index (χ1n) is 11.8. The van der Waals surface area contributed by atoms with Crippen molar-refractivity contribution in [1.29, 1.82) is 0 Å². The van der Waals surface area contributed by atoms with Gasteiger partial charge in [0.15, 0.2) is 0 Å². The molecule has 6 atom stereocenters.